The predicted octanol–water partition coefficient (Wildman–Crippen LogP) is 1.40. The van der Waals surface area contributed by atoms with Gasteiger partial charge in [0.05, 0.1) is 0 Å². The van der Waals surface area contributed by atoms with Gasteiger partial charge in [-0.2, -0.15) is 0 Å². The van der Waals surface area contributed by atoms with Crippen molar-refractivity contribution in [1.29, 1.82) is 0 Å². The number of aryl methyl sites for hydroxylation is 1. The summed E-state index contributed by atoms with van der Waals surface area (Å²) in [6.07, 6.45) is 6.67. The van der Waals surface area contributed by atoms with Gasteiger partial charge in [0, 0.05) is 36.9 Å². The SMILES string of the molecule is CC1C2CNCC2CN1c1ncnc2c1CCCC2. The molecule has 0 saturated carbocycles. The van der Waals surface area contributed by atoms with Crippen molar-refractivity contribution in [2.75, 3.05) is 24.5 Å². The summed E-state index contributed by atoms with van der Waals surface area (Å²) in [7, 11) is 0. The highest BCUT2D eigenvalue weighted by Crippen LogP contribution is 2.37. The Morgan fingerprint density at radius 2 is 2.11 bits per heavy atom. The Hall–Kier alpha value is -1.16. The van der Waals surface area contributed by atoms with Gasteiger partial charge in [-0.05, 0) is 44.4 Å². The lowest BCUT2D eigenvalue weighted by atomic mass is 9.95. The van der Waals surface area contributed by atoms with Gasteiger partial charge in [0.15, 0.2) is 0 Å². The maximum absolute atomic E-state index is 4.65. The first-order chi connectivity index (χ1) is 9.34. The monoisotopic (exact) mass is 258 g/mol. The molecule has 1 aliphatic carbocycles. The van der Waals surface area contributed by atoms with E-state index in [0.717, 1.165) is 18.3 Å². The van der Waals surface area contributed by atoms with Crippen LogP contribution in [0.2, 0.25) is 0 Å². The summed E-state index contributed by atoms with van der Waals surface area (Å²) in [6.45, 7) is 5.89. The van der Waals surface area contributed by atoms with Crippen LogP contribution in [0.1, 0.15) is 31.0 Å². The Morgan fingerprint density at radius 3 is 3.00 bits per heavy atom. The number of rotatable bonds is 1. The molecule has 1 aromatic rings. The van der Waals surface area contributed by atoms with E-state index in [4.69, 9.17) is 0 Å². The van der Waals surface area contributed by atoms with Crippen LogP contribution in [0.25, 0.3) is 0 Å². The fourth-order valence-corrected chi connectivity index (χ4v) is 4.20. The molecule has 0 radical (unpaired) electrons. The highest BCUT2D eigenvalue weighted by molar-refractivity contribution is 5.51. The van der Waals surface area contributed by atoms with Crippen LogP contribution in [-0.2, 0) is 12.8 Å². The van der Waals surface area contributed by atoms with Gasteiger partial charge in [-0.15, -0.1) is 0 Å². The number of hydrogen-bond acceptors (Lipinski definition) is 4. The zero-order valence-electron chi connectivity index (χ0n) is 11.6. The van der Waals surface area contributed by atoms with Crippen LogP contribution in [0.4, 0.5) is 5.82 Å². The van der Waals surface area contributed by atoms with Gasteiger partial charge < -0.3 is 10.2 Å². The van der Waals surface area contributed by atoms with Crippen molar-refractivity contribution in [3.05, 3.63) is 17.6 Å². The standard InChI is InChI=1S/C15H22N4/c1-10-13-7-16-6-11(13)8-19(10)15-12-4-2-3-5-14(12)17-9-18-15/h9-11,13,16H,2-8H2,1H3. The minimum Gasteiger partial charge on any atom is -0.353 e. The van der Waals surface area contributed by atoms with Crippen LogP contribution >= 0.6 is 0 Å². The summed E-state index contributed by atoms with van der Waals surface area (Å²) in [4.78, 5) is 11.7. The van der Waals surface area contributed by atoms with Crippen molar-refractivity contribution in [2.24, 2.45) is 11.8 Å². The summed E-state index contributed by atoms with van der Waals surface area (Å²) in [5.74, 6) is 2.85. The molecule has 0 bridgehead atoms. The summed E-state index contributed by atoms with van der Waals surface area (Å²) in [5, 5.41) is 3.53. The lowest BCUT2D eigenvalue weighted by Crippen LogP contribution is -2.35. The number of hydrogen-bond donors (Lipinski definition) is 1. The van der Waals surface area contributed by atoms with Crippen molar-refractivity contribution in [1.82, 2.24) is 15.3 Å². The third-order valence-corrected chi connectivity index (χ3v) is 5.31. The van der Waals surface area contributed by atoms with Crippen LogP contribution in [0, 0.1) is 11.8 Å². The minimum atomic E-state index is 0.612. The first-order valence-electron chi connectivity index (χ1n) is 7.64. The van der Waals surface area contributed by atoms with E-state index in [0.29, 0.717) is 6.04 Å². The Balaban J connectivity index is 1.69. The van der Waals surface area contributed by atoms with Crippen molar-refractivity contribution in [2.45, 2.75) is 38.6 Å². The highest BCUT2D eigenvalue weighted by atomic mass is 15.3. The van der Waals surface area contributed by atoms with Crippen molar-refractivity contribution in [3.63, 3.8) is 0 Å². The van der Waals surface area contributed by atoms with E-state index in [1.165, 1.54) is 56.0 Å². The predicted molar refractivity (Wildman–Crippen MR) is 75.3 cm³/mol. The lowest BCUT2D eigenvalue weighted by Gasteiger charge is -2.29. The molecule has 102 valence electrons. The van der Waals surface area contributed by atoms with Gasteiger partial charge in [0.25, 0.3) is 0 Å². The summed E-state index contributed by atoms with van der Waals surface area (Å²) >= 11 is 0. The average Bonchev–Trinajstić information content (AvgIpc) is 3.02. The van der Waals surface area contributed by atoms with Crippen LogP contribution in [-0.4, -0.2) is 35.6 Å². The lowest BCUT2D eigenvalue weighted by molar-refractivity contribution is 0.471. The molecular formula is C15H22N4. The highest BCUT2D eigenvalue weighted by Gasteiger charge is 2.43. The zero-order chi connectivity index (χ0) is 12.8. The molecule has 3 aliphatic rings. The number of fused-ring (bicyclic) bond motifs is 2. The van der Waals surface area contributed by atoms with E-state index >= 15 is 0 Å². The number of nitrogens with one attached hydrogen (secondary N) is 1. The van der Waals surface area contributed by atoms with Crippen molar-refractivity contribution in [3.8, 4) is 0 Å². The van der Waals surface area contributed by atoms with E-state index in [-0.39, 0.29) is 0 Å². The molecular weight excluding hydrogens is 236 g/mol. The maximum atomic E-state index is 4.65. The topological polar surface area (TPSA) is 41.0 Å². The number of nitrogens with zero attached hydrogens (tertiary/aromatic N) is 3. The summed E-state index contributed by atoms with van der Waals surface area (Å²) < 4.78 is 0. The van der Waals surface area contributed by atoms with E-state index in [1.807, 2.05) is 0 Å². The van der Waals surface area contributed by atoms with Crippen LogP contribution < -0.4 is 10.2 Å². The molecule has 2 saturated heterocycles. The first kappa shape index (κ1) is 11.6. The maximum Gasteiger partial charge on any atom is 0.135 e. The fraction of sp³-hybridized carbons (Fsp3) is 0.733. The van der Waals surface area contributed by atoms with Crippen LogP contribution in [0.15, 0.2) is 6.33 Å². The van der Waals surface area contributed by atoms with Gasteiger partial charge >= 0.3 is 0 Å². The molecule has 1 aromatic heterocycles. The zero-order valence-corrected chi connectivity index (χ0v) is 11.6. The molecule has 2 fully saturated rings. The second kappa shape index (κ2) is 4.44. The average molecular weight is 258 g/mol. The molecule has 1 N–H and O–H groups in total. The molecule has 19 heavy (non-hydrogen) atoms. The van der Waals surface area contributed by atoms with Gasteiger partial charge in [-0.25, -0.2) is 9.97 Å². The normalized spacial score (nSPS) is 33.3. The summed E-state index contributed by atoms with van der Waals surface area (Å²) in [5.41, 5.74) is 2.74. The largest absolute Gasteiger partial charge is 0.353 e. The molecule has 2 aliphatic heterocycles. The molecule has 4 heteroatoms. The van der Waals surface area contributed by atoms with E-state index in [2.05, 4.69) is 27.1 Å². The molecule has 4 rings (SSSR count). The second-order valence-corrected chi connectivity index (χ2v) is 6.30. The van der Waals surface area contributed by atoms with Crippen LogP contribution in [0.3, 0.4) is 0 Å². The fourth-order valence-electron chi connectivity index (χ4n) is 4.20. The smallest absolute Gasteiger partial charge is 0.135 e. The Labute approximate surface area is 114 Å². The molecule has 3 heterocycles. The number of anilines is 1. The quantitative estimate of drug-likeness (QED) is 0.826. The van der Waals surface area contributed by atoms with Crippen LogP contribution in [0.5, 0.6) is 0 Å². The van der Waals surface area contributed by atoms with Gasteiger partial charge in [0.2, 0.25) is 0 Å². The Bertz CT molecular complexity index is 487. The van der Waals surface area contributed by atoms with E-state index in [1.54, 1.807) is 6.33 Å². The molecule has 0 spiro atoms. The minimum absolute atomic E-state index is 0.612. The second-order valence-electron chi connectivity index (χ2n) is 6.30. The van der Waals surface area contributed by atoms with Gasteiger partial charge in [0.1, 0.15) is 12.1 Å². The summed E-state index contributed by atoms with van der Waals surface area (Å²) in [6, 6.07) is 0.612. The first-order valence-corrected chi connectivity index (χ1v) is 7.64. The third kappa shape index (κ3) is 1.76. The molecule has 3 atom stereocenters. The molecule has 4 nitrogen and oxygen atoms in total. The molecule has 3 unspecified atom stereocenters. The van der Waals surface area contributed by atoms with Crippen molar-refractivity contribution >= 4 is 5.82 Å². The molecule has 0 aromatic carbocycles. The Morgan fingerprint density at radius 1 is 1.21 bits per heavy atom. The number of aromatic nitrogens is 2. The van der Waals surface area contributed by atoms with Crippen molar-refractivity contribution < 1.29 is 0 Å². The Kier molecular flexibility index (Phi) is 2.72. The third-order valence-electron chi connectivity index (χ3n) is 5.31. The molecule has 0 amide bonds. The van der Waals surface area contributed by atoms with E-state index in [9.17, 15) is 0 Å². The van der Waals surface area contributed by atoms with Gasteiger partial charge in [-0.3, -0.25) is 0 Å². The van der Waals surface area contributed by atoms with Gasteiger partial charge in [-0.1, -0.05) is 0 Å². The van der Waals surface area contributed by atoms with E-state index < -0.39 is 0 Å².